The van der Waals surface area contributed by atoms with Gasteiger partial charge in [0.05, 0.1) is 24.1 Å². The van der Waals surface area contributed by atoms with Crippen LogP contribution >= 0.6 is 0 Å². The normalized spacial score (nSPS) is 15.6. The van der Waals surface area contributed by atoms with Crippen LogP contribution in [0.25, 0.3) is 0 Å². The summed E-state index contributed by atoms with van der Waals surface area (Å²) in [6.07, 6.45) is 2.47. The summed E-state index contributed by atoms with van der Waals surface area (Å²) in [6, 6.07) is 5.76. The van der Waals surface area contributed by atoms with Crippen molar-refractivity contribution in [2.75, 3.05) is 25.0 Å². The number of nitrogens with zero attached hydrogens (tertiary/aromatic N) is 1. The lowest BCUT2D eigenvalue weighted by molar-refractivity contribution is -0.384. The Kier molecular flexibility index (Phi) is 5.65. The van der Waals surface area contributed by atoms with E-state index in [2.05, 4.69) is 10.6 Å². The molecule has 1 aliphatic rings. The van der Waals surface area contributed by atoms with Gasteiger partial charge in [-0.15, -0.1) is 0 Å². The molecule has 2 rings (SSSR count). The highest BCUT2D eigenvalue weighted by molar-refractivity contribution is 5.90. The van der Waals surface area contributed by atoms with E-state index in [4.69, 9.17) is 4.74 Å². The number of ether oxygens (including phenoxy) is 1. The van der Waals surface area contributed by atoms with Crippen LogP contribution < -0.4 is 10.6 Å². The van der Waals surface area contributed by atoms with Gasteiger partial charge in [-0.2, -0.15) is 0 Å². The van der Waals surface area contributed by atoms with E-state index >= 15 is 0 Å². The first-order valence-corrected chi connectivity index (χ1v) is 7.02. The molecule has 0 spiro atoms. The van der Waals surface area contributed by atoms with Crippen molar-refractivity contribution in [2.24, 2.45) is 0 Å². The van der Waals surface area contributed by atoms with Crippen LogP contribution in [-0.4, -0.2) is 36.6 Å². The van der Waals surface area contributed by atoms with Crippen LogP contribution in [0.3, 0.4) is 0 Å². The third kappa shape index (κ3) is 5.13. The minimum absolute atomic E-state index is 0.00207. The molecule has 7 heteroatoms. The van der Waals surface area contributed by atoms with Crippen LogP contribution in [0.15, 0.2) is 24.3 Å². The Morgan fingerprint density at radius 3 is 2.62 bits per heavy atom. The van der Waals surface area contributed by atoms with E-state index in [9.17, 15) is 14.9 Å². The maximum atomic E-state index is 11.7. The summed E-state index contributed by atoms with van der Waals surface area (Å²) in [7, 11) is 0. The van der Waals surface area contributed by atoms with Gasteiger partial charge in [0.1, 0.15) is 0 Å². The number of nitro benzene ring substituents is 1. The van der Waals surface area contributed by atoms with Crippen LogP contribution in [0.2, 0.25) is 0 Å². The van der Waals surface area contributed by atoms with Gasteiger partial charge < -0.3 is 15.4 Å². The topological polar surface area (TPSA) is 93.5 Å². The first-order chi connectivity index (χ1) is 10.1. The summed E-state index contributed by atoms with van der Waals surface area (Å²) >= 11 is 0. The molecule has 1 fully saturated rings. The van der Waals surface area contributed by atoms with E-state index in [1.807, 2.05) is 0 Å². The van der Waals surface area contributed by atoms with E-state index in [-0.39, 0.29) is 24.1 Å². The molecule has 0 bridgehead atoms. The Labute approximate surface area is 122 Å². The largest absolute Gasteiger partial charge is 0.378 e. The predicted octanol–water partition coefficient (Wildman–Crippen LogP) is 1.69. The molecule has 0 aromatic heterocycles. The smallest absolute Gasteiger partial charge is 0.269 e. The van der Waals surface area contributed by atoms with Gasteiger partial charge in [-0.05, 0) is 38.1 Å². The van der Waals surface area contributed by atoms with Crippen molar-refractivity contribution in [3.63, 3.8) is 0 Å². The van der Waals surface area contributed by atoms with E-state index in [0.717, 1.165) is 25.9 Å². The molecule has 7 nitrogen and oxygen atoms in total. The number of hydrogen-bond acceptors (Lipinski definition) is 5. The van der Waals surface area contributed by atoms with E-state index < -0.39 is 4.92 Å². The highest BCUT2D eigenvalue weighted by Gasteiger charge is 2.13. The molecule has 21 heavy (non-hydrogen) atoms. The monoisotopic (exact) mass is 293 g/mol. The van der Waals surface area contributed by atoms with Crippen LogP contribution in [0.4, 0.5) is 11.4 Å². The summed E-state index contributed by atoms with van der Waals surface area (Å²) in [6.45, 7) is 2.31. The minimum atomic E-state index is -0.474. The number of carbonyl (C=O) groups is 1. The van der Waals surface area contributed by atoms with Gasteiger partial charge in [0, 0.05) is 17.8 Å². The molecule has 0 aliphatic carbocycles. The van der Waals surface area contributed by atoms with Crippen molar-refractivity contribution in [1.82, 2.24) is 5.32 Å². The molecule has 2 N–H and O–H groups in total. The lowest BCUT2D eigenvalue weighted by Crippen LogP contribution is -2.33. The van der Waals surface area contributed by atoms with Crippen molar-refractivity contribution in [3.8, 4) is 0 Å². The highest BCUT2D eigenvalue weighted by Crippen LogP contribution is 2.15. The standard InChI is InChI=1S/C14H19N3O4/c18-14(7-10-21-13-5-8-15-9-6-13)16-11-1-3-12(4-2-11)17(19)20/h1-4,13,15H,5-10H2,(H,16,18). The number of nitro groups is 1. The van der Waals surface area contributed by atoms with E-state index in [1.54, 1.807) is 0 Å². The molecule has 0 radical (unpaired) electrons. The molecule has 1 amide bonds. The summed E-state index contributed by atoms with van der Waals surface area (Å²) in [4.78, 5) is 21.8. The molecule has 1 saturated heterocycles. The molecule has 0 saturated carbocycles. The van der Waals surface area contributed by atoms with Crippen molar-refractivity contribution in [3.05, 3.63) is 34.4 Å². The molecule has 1 heterocycles. The second-order valence-corrected chi connectivity index (χ2v) is 4.92. The van der Waals surface area contributed by atoms with Crippen LogP contribution in [0.5, 0.6) is 0 Å². The number of non-ortho nitro benzene ring substituents is 1. The third-order valence-corrected chi connectivity index (χ3v) is 3.33. The molecular formula is C14H19N3O4. The third-order valence-electron chi connectivity index (χ3n) is 3.33. The maximum absolute atomic E-state index is 11.7. The first kappa shape index (κ1) is 15.4. The number of piperidine rings is 1. The Morgan fingerprint density at radius 1 is 1.33 bits per heavy atom. The Balaban J connectivity index is 1.70. The van der Waals surface area contributed by atoms with Gasteiger partial charge in [0.2, 0.25) is 5.91 Å². The number of amides is 1. The number of anilines is 1. The van der Waals surface area contributed by atoms with Gasteiger partial charge in [-0.1, -0.05) is 0 Å². The second kappa shape index (κ2) is 7.70. The van der Waals surface area contributed by atoms with Crippen LogP contribution in [0, 0.1) is 10.1 Å². The Hall–Kier alpha value is -1.99. The van der Waals surface area contributed by atoms with Crippen LogP contribution in [0.1, 0.15) is 19.3 Å². The molecule has 1 aromatic carbocycles. The fraction of sp³-hybridized carbons (Fsp3) is 0.500. The first-order valence-electron chi connectivity index (χ1n) is 7.02. The number of carbonyl (C=O) groups excluding carboxylic acids is 1. The number of benzene rings is 1. The zero-order chi connectivity index (χ0) is 15.1. The quantitative estimate of drug-likeness (QED) is 0.615. The minimum Gasteiger partial charge on any atom is -0.378 e. The number of rotatable bonds is 6. The molecule has 0 atom stereocenters. The van der Waals surface area contributed by atoms with Gasteiger partial charge in [-0.25, -0.2) is 0 Å². The molecule has 1 aliphatic heterocycles. The Morgan fingerprint density at radius 2 is 2.00 bits per heavy atom. The lowest BCUT2D eigenvalue weighted by atomic mass is 10.1. The Bertz CT molecular complexity index is 483. The van der Waals surface area contributed by atoms with Crippen LogP contribution in [-0.2, 0) is 9.53 Å². The highest BCUT2D eigenvalue weighted by atomic mass is 16.6. The number of hydrogen-bond donors (Lipinski definition) is 2. The van der Waals surface area contributed by atoms with E-state index in [1.165, 1.54) is 24.3 Å². The van der Waals surface area contributed by atoms with Crippen molar-refractivity contribution < 1.29 is 14.5 Å². The van der Waals surface area contributed by atoms with Gasteiger partial charge >= 0.3 is 0 Å². The summed E-state index contributed by atoms with van der Waals surface area (Å²) in [5.74, 6) is -0.155. The van der Waals surface area contributed by atoms with Gasteiger partial charge in [0.15, 0.2) is 0 Å². The number of nitrogens with one attached hydrogen (secondary N) is 2. The SMILES string of the molecule is O=C(CCOC1CCNCC1)Nc1ccc([N+](=O)[O-])cc1. The second-order valence-electron chi connectivity index (χ2n) is 4.92. The summed E-state index contributed by atoms with van der Waals surface area (Å²) in [5, 5.41) is 16.5. The van der Waals surface area contributed by atoms with Crippen molar-refractivity contribution in [1.29, 1.82) is 0 Å². The fourth-order valence-corrected chi connectivity index (χ4v) is 2.17. The zero-order valence-corrected chi connectivity index (χ0v) is 11.7. The molecule has 0 unspecified atom stereocenters. The van der Waals surface area contributed by atoms with E-state index in [0.29, 0.717) is 12.3 Å². The van der Waals surface area contributed by atoms with Crippen molar-refractivity contribution in [2.45, 2.75) is 25.4 Å². The van der Waals surface area contributed by atoms with Crippen molar-refractivity contribution >= 4 is 17.3 Å². The lowest BCUT2D eigenvalue weighted by Gasteiger charge is -2.22. The molecular weight excluding hydrogens is 274 g/mol. The average molecular weight is 293 g/mol. The average Bonchev–Trinajstić information content (AvgIpc) is 2.49. The predicted molar refractivity (Wildman–Crippen MR) is 78.2 cm³/mol. The summed E-state index contributed by atoms with van der Waals surface area (Å²) in [5.41, 5.74) is 0.551. The van der Waals surface area contributed by atoms with Gasteiger partial charge in [-0.3, -0.25) is 14.9 Å². The molecule has 114 valence electrons. The zero-order valence-electron chi connectivity index (χ0n) is 11.7. The maximum Gasteiger partial charge on any atom is 0.269 e. The van der Waals surface area contributed by atoms with Gasteiger partial charge in [0.25, 0.3) is 5.69 Å². The fourth-order valence-electron chi connectivity index (χ4n) is 2.17. The summed E-state index contributed by atoms with van der Waals surface area (Å²) < 4.78 is 5.65. The molecule has 1 aromatic rings.